The molecule has 0 aliphatic carbocycles. The van der Waals surface area contributed by atoms with Gasteiger partial charge in [-0.25, -0.2) is 12.4 Å². The maximum Gasteiger partial charge on any atom is 0.268 e. The molecule has 0 aliphatic heterocycles. The molecule has 0 amide bonds. The number of nitrogens with zero attached hydrogens (tertiary/aromatic N) is 1. The Kier molecular flexibility index (Phi) is 6.75. The van der Waals surface area contributed by atoms with E-state index in [1.165, 1.54) is 8.87 Å². The molecule has 0 fully saturated rings. The molecule has 1 heterocycles. The molecule has 0 aliphatic rings. The third kappa shape index (κ3) is 4.61. The van der Waals surface area contributed by atoms with Crippen molar-refractivity contribution in [1.29, 1.82) is 0 Å². The summed E-state index contributed by atoms with van der Waals surface area (Å²) in [5, 5.41) is 0.811. The fourth-order valence-electron chi connectivity index (χ4n) is 4.44. The van der Waals surface area contributed by atoms with E-state index in [0.717, 1.165) is 39.0 Å². The minimum atomic E-state index is -3.71. The van der Waals surface area contributed by atoms with Crippen LogP contribution in [-0.2, 0) is 10.0 Å². The van der Waals surface area contributed by atoms with Crippen LogP contribution in [0.25, 0.3) is 33.2 Å². The minimum absolute atomic E-state index is 0.257. The number of aryl methyl sites for hydroxylation is 1. The molecule has 0 saturated carbocycles. The fourth-order valence-corrected chi connectivity index (χ4v) is 6.20. The molecule has 7 heteroatoms. The van der Waals surface area contributed by atoms with Gasteiger partial charge in [0, 0.05) is 27.6 Å². The third-order valence-corrected chi connectivity index (χ3v) is 8.91. The van der Waals surface area contributed by atoms with E-state index in [2.05, 4.69) is 30.5 Å². The maximum atomic E-state index is 13.3. The van der Waals surface area contributed by atoms with E-state index in [-0.39, 0.29) is 4.90 Å². The summed E-state index contributed by atoms with van der Waals surface area (Å²) in [6.45, 7) is 1.93. The first-order valence-electron chi connectivity index (χ1n) is 11.7. The predicted octanol–water partition coefficient (Wildman–Crippen LogP) is 7.26. The van der Waals surface area contributed by atoms with Gasteiger partial charge in [-0.15, -0.1) is 11.8 Å². The number of thioether (sulfide) groups is 1. The van der Waals surface area contributed by atoms with E-state index in [0.29, 0.717) is 11.3 Å². The first-order valence-corrected chi connectivity index (χ1v) is 14.4. The molecular formula is C30H27NO4S2. The number of methoxy groups -OCH3 is 2. The number of fused-ring (bicyclic) bond motifs is 1. The van der Waals surface area contributed by atoms with E-state index in [9.17, 15) is 8.42 Å². The van der Waals surface area contributed by atoms with E-state index in [4.69, 9.17) is 9.47 Å². The first kappa shape index (κ1) is 25.0. The van der Waals surface area contributed by atoms with Crippen LogP contribution in [0.15, 0.2) is 101 Å². The molecule has 4 aromatic carbocycles. The van der Waals surface area contributed by atoms with Crippen LogP contribution >= 0.6 is 11.8 Å². The SMILES string of the molecule is COc1cc(-c2ccc3c(ccn3S(=O)(=O)c3ccc(C)cc3)c2)c(OC)cc1-c1ccc(SC)cc1. The second kappa shape index (κ2) is 10.00. The molecule has 0 atom stereocenters. The topological polar surface area (TPSA) is 57.5 Å². The lowest BCUT2D eigenvalue weighted by atomic mass is 9.97. The van der Waals surface area contributed by atoms with Gasteiger partial charge in [-0.1, -0.05) is 35.9 Å². The quantitative estimate of drug-likeness (QED) is 0.208. The van der Waals surface area contributed by atoms with E-state index < -0.39 is 10.0 Å². The Balaban J connectivity index is 1.58. The highest BCUT2D eigenvalue weighted by Gasteiger charge is 2.20. The highest BCUT2D eigenvalue weighted by molar-refractivity contribution is 7.98. The number of aromatic nitrogens is 1. The Morgan fingerprint density at radius 1 is 0.730 bits per heavy atom. The molecule has 0 saturated heterocycles. The maximum absolute atomic E-state index is 13.3. The second-order valence-corrected chi connectivity index (χ2v) is 11.4. The first-order chi connectivity index (χ1) is 17.8. The van der Waals surface area contributed by atoms with Gasteiger partial charge in [0.15, 0.2) is 0 Å². The lowest BCUT2D eigenvalue weighted by Gasteiger charge is -2.16. The number of ether oxygens (including phenoxy) is 2. The average molecular weight is 530 g/mol. The molecule has 0 spiro atoms. The summed E-state index contributed by atoms with van der Waals surface area (Å²) in [6.07, 6.45) is 3.65. The van der Waals surface area contributed by atoms with Crippen LogP contribution < -0.4 is 9.47 Å². The molecule has 0 N–H and O–H groups in total. The van der Waals surface area contributed by atoms with Gasteiger partial charge in [-0.3, -0.25) is 0 Å². The average Bonchev–Trinajstić information content (AvgIpc) is 3.37. The number of rotatable bonds is 7. The Labute approximate surface area is 221 Å². The van der Waals surface area contributed by atoms with Gasteiger partial charge in [0.05, 0.1) is 24.6 Å². The molecule has 5 aromatic rings. The molecular weight excluding hydrogens is 502 g/mol. The van der Waals surface area contributed by atoms with E-state index >= 15 is 0 Å². The van der Waals surface area contributed by atoms with Crippen LogP contribution in [0, 0.1) is 6.92 Å². The zero-order valence-electron chi connectivity index (χ0n) is 21.1. The largest absolute Gasteiger partial charge is 0.496 e. The smallest absolute Gasteiger partial charge is 0.268 e. The second-order valence-electron chi connectivity index (χ2n) is 8.68. The third-order valence-electron chi connectivity index (χ3n) is 6.47. The van der Waals surface area contributed by atoms with Crippen LogP contribution in [0.1, 0.15) is 5.56 Å². The molecule has 0 unspecified atom stereocenters. The van der Waals surface area contributed by atoms with Crippen molar-refractivity contribution in [2.45, 2.75) is 16.7 Å². The Morgan fingerprint density at radius 3 is 1.92 bits per heavy atom. The van der Waals surface area contributed by atoms with Crippen molar-refractivity contribution in [2.75, 3.05) is 20.5 Å². The number of benzene rings is 4. The van der Waals surface area contributed by atoms with Crippen LogP contribution in [0.4, 0.5) is 0 Å². The molecule has 5 nitrogen and oxygen atoms in total. The molecule has 37 heavy (non-hydrogen) atoms. The van der Waals surface area contributed by atoms with Crippen molar-refractivity contribution in [3.8, 4) is 33.8 Å². The Bertz CT molecular complexity index is 1690. The Morgan fingerprint density at radius 2 is 1.32 bits per heavy atom. The summed E-state index contributed by atoms with van der Waals surface area (Å²) in [6, 6.07) is 26.7. The predicted molar refractivity (Wildman–Crippen MR) is 151 cm³/mol. The summed E-state index contributed by atoms with van der Waals surface area (Å²) >= 11 is 1.70. The monoisotopic (exact) mass is 529 g/mol. The van der Waals surface area contributed by atoms with E-state index in [1.54, 1.807) is 56.4 Å². The molecule has 5 rings (SSSR count). The van der Waals surface area contributed by atoms with Gasteiger partial charge in [0.25, 0.3) is 10.0 Å². The standard InChI is InChI=1S/C30H27NO4S2/c1-20-5-12-25(13-6-20)37(32,33)31-16-15-23-17-22(9-14-28(23)31)27-19-29(34-2)26(18-30(27)35-3)21-7-10-24(36-4)11-8-21/h5-19H,1-4H3. The minimum Gasteiger partial charge on any atom is -0.496 e. The van der Waals surface area contributed by atoms with Gasteiger partial charge in [-0.2, -0.15) is 0 Å². The summed E-state index contributed by atoms with van der Waals surface area (Å²) < 4.78 is 39.5. The molecule has 0 bridgehead atoms. The summed E-state index contributed by atoms with van der Waals surface area (Å²) in [5.41, 5.74) is 5.35. The normalized spacial score (nSPS) is 11.6. The van der Waals surface area contributed by atoms with Crippen molar-refractivity contribution >= 4 is 32.7 Å². The van der Waals surface area contributed by atoms with Gasteiger partial charge < -0.3 is 9.47 Å². The van der Waals surface area contributed by atoms with Crippen molar-refractivity contribution in [1.82, 2.24) is 3.97 Å². The van der Waals surface area contributed by atoms with Crippen molar-refractivity contribution in [3.63, 3.8) is 0 Å². The lowest BCUT2D eigenvalue weighted by molar-refractivity contribution is 0.406. The highest BCUT2D eigenvalue weighted by Crippen LogP contribution is 2.42. The van der Waals surface area contributed by atoms with Crippen molar-refractivity contribution in [3.05, 3.63) is 96.7 Å². The van der Waals surface area contributed by atoms with Crippen LogP contribution in [0.2, 0.25) is 0 Å². The number of hydrogen-bond donors (Lipinski definition) is 0. The highest BCUT2D eigenvalue weighted by atomic mass is 32.2. The summed E-state index contributed by atoms with van der Waals surface area (Å²) in [5.74, 6) is 1.43. The molecule has 1 aromatic heterocycles. The van der Waals surface area contributed by atoms with Gasteiger partial charge in [0.1, 0.15) is 11.5 Å². The summed E-state index contributed by atoms with van der Waals surface area (Å²) in [4.78, 5) is 1.45. The Hall–Kier alpha value is -3.68. The zero-order valence-corrected chi connectivity index (χ0v) is 22.7. The van der Waals surface area contributed by atoms with Crippen LogP contribution in [0.3, 0.4) is 0 Å². The van der Waals surface area contributed by atoms with Gasteiger partial charge in [0.2, 0.25) is 0 Å². The van der Waals surface area contributed by atoms with Crippen LogP contribution in [0.5, 0.6) is 11.5 Å². The van der Waals surface area contributed by atoms with Crippen molar-refractivity contribution < 1.29 is 17.9 Å². The number of hydrogen-bond acceptors (Lipinski definition) is 5. The lowest BCUT2D eigenvalue weighted by Crippen LogP contribution is -2.11. The fraction of sp³-hybridized carbons (Fsp3) is 0.133. The van der Waals surface area contributed by atoms with Gasteiger partial charge >= 0.3 is 0 Å². The van der Waals surface area contributed by atoms with Crippen LogP contribution in [-0.4, -0.2) is 32.9 Å². The van der Waals surface area contributed by atoms with Crippen molar-refractivity contribution in [2.24, 2.45) is 0 Å². The van der Waals surface area contributed by atoms with E-state index in [1.807, 2.05) is 43.3 Å². The summed E-state index contributed by atoms with van der Waals surface area (Å²) in [7, 11) is -0.406. The molecule has 0 radical (unpaired) electrons. The van der Waals surface area contributed by atoms with Gasteiger partial charge in [-0.05, 0) is 78.9 Å². The zero-order chi connectivity index (χ0) is 26.2. The molecule has 188 valence electrons.